The van der Waals surface area contributed by atoms with E-state index in [1.807, 2.05) is 18.4 Å². The van der Waals surface area contributed by atoms with Crippen molar-refractivity contribution < 1.29 is 13.2 Å². The average Bonchev–Trinajstić information content (AvgIpc) is 3.23. The molecule has 144 valence electrons. The number of amides is 1. The first kappa shape index (κ1) is 19.1. The molecule has 1 aliphatic heterocycles. The lowest BCUT2D eigenvalue weighted by Crippen LogP contribution is -2.40. The summed E-state index contributed by atoms with van der Waals surface area (Å²) >= 11 is 4.71. The predicted molar refractivity (Wildman–Crippen MR) is 112 cm³/mol. The van der Waals surface area contributed by atoms with Crippen molar-refractivity contribution in [3.8, 4) is 0 Å². The molecule has 0 radical (unpaired) electrons. The summed E-state index contributed by atoms with van der Waals surface area (Å²) in [6.07, 6.45) is 4.26. The van der Waals surface area contributed by atoms with Crippen LogP contribution in [0.15, 0.2) is 16.5 Å². The Hall–Kier alpha value is -1.27. The largest absolute Gasteiger partial charge is 0.302 e. The third kappa shape index (κ3) is 3.83. The summed E-state index contributed by atoms with van der Waals surface area (Å²) in [6, 6.07) is 3.89. The number of aromatic nitrogens is 2. The van der Waals surface area contributed by atoms with Crippen molar-refractivity contribution in [1.29, 1.82) is 0 Å². The molecular weight excluding hydrogens is 424 g/mol. The number of piperidine rings is 1. The van der Waals surface area contributed by atoms with Crippen molar-refractivity contribution in [1.82, 2.24) is 14.3 Å². The third-order valence-electron chi connectivity index (χ3n) is 4.59. The van der Waals surface area contributed by atoms with E-state index in [1.165, 1.54) is 21.9 Å². The number of thiazole rings is 2. The maximum atomic E-state index is 12.6. The Balaban J connectivity index is 1.51. The van der Waals surface area contributed by atoms with Gasteiger partial charge in [-0.25, -0.2) is 22.7 Å². The number of fused-ring (bicyclic) bond motifs is 3. The van der Waals surface area contributed by atoms with Gasteiger partial charge in [0, 0.05) is 19.0 Å². The summed E-state index contributed by atoms with van der Waals surface area (Å²) in [5, 5.41) is 3.50. The highest BCUT2D eigenvalue weighted by Crippen LogP contribution is 2.38. The van der Waals surface area contributed by atoms with Crippen LogP contribution in [-0.2, 0) is 14.8 Å². The number of nitrogens with one attached hydrogen (secondary N) is 1. The lowest BCUT2D eigenvalue weighted by molar-refractivity contribution is -0.120. The van der Waals surface area contributed by atoms with Gasteiger partial charge in [-0.05, 0) is 31.2 Å². The highest BCUT2D eigenvalue weighted by atomic mass is 32.2. The summed E-state index contributed by atoms with van der Waals surface area (Å²) in [6.45, 7) is 0.769. The molecule has 2 aromatic heterocycles. The number of anilines is 1. The minimum Gasteiger partial charge on any atom is -0.302 e. The van der Waals surface area contributed by atoms with Crippen molar-refractivity contribution in [2.45, 2.75) is 17.2 Å². The first-order chi connectivity index (χ1) is 12.8. The van der Waals surface area contributed by atoms with Crippen LogP contribution in [-0.4, -0.2) is 54.2 Å². The van der Waals surface area contributed by atoms with Crippen LogP contribution in [0.4, 0.5) is 5.13 Å². The van der Waals surface area contributed by atoms with Gasteiger partial charge >= 0.3 is 0 Å². The molecule has 27 heavy (non-hydrogen) atoms. The van der Waals surface area contributed by atoms with E-state index in [4.69, 9.17) is 0 Å². The van der Waals surface area contributed by atoms with Crippen LogP contribution in [0.3, 0.4) is 0 Å². The summed E-state index contributed by atoms with van der Waals surface area (Å²) in [7, 11) is -3.19. The quantitative estimate of drug-likeness (QED) is 0.624. The van der Waals surface area contributed by atoms with Gasteiger partial charge < -0.3 is 5.32 Å². The van der Waals surface area contributed by atoms with Crippen LogP contribution in [0.2, 0.25) is 0 Å². The Labute approximate surface area is 169 Å². The molecule has 3 aromatic rings. The summed E-state index contributed by atoms with van der Waals surface area (Å²) < 4.78 is 27.8. The lowest BCUT2D eigenvalue weighted by Gasteiger charge is -2.29. The Morgan fingerprint density at radius 3 is 2.44 bits per heavy atom. The topological polar surface area (TPSA) is 92.3 Å². The number of nitrogens with zero attached hydrogens (tertiary/aromatic N) is 3. The van der Waals surface area contributed by atoms with Gasteiger partial charge in [0.1, 0.15) is 0 Å². The van der Waals surface area contributed by atoms with E-state index in [9.17, 15) is 13.2 Å². The number of benzene rings is 1. The molecule has 0 aliphatic carbocycles. The molecular formula is C16H18N4O3S4. The molecule has 1 fully saturated rings. The van der Waals surface area contributed by atoms with Crippen molar-refractivity contribution in [3.63, 3.8) is 0 Å². The molecule has 4 rings (SSSR count). The Morgan fingerprint density at radius 2 is 1.81 bits per heavy atom. The molecule has 1 amide bonds. The molecule has 1 aliphatic rings. The molecule has 0 unspecified atom stereocenters. The molecule has 3 heterocycles. The molecule has 0 saturated carbocycles. The second-order valence-electron chi connectivity index (χ2n) is 6.39. The van der Waals surface area contributed by atoms with Gasteiger partial charge in [0.25, 0.3) is 0 Å². The maximum absolute atomic E-state index is 12.6. The number of hydrogen-bond acceptors (Lipinski definition) is 8. The van der Waals surface area contributed by atoms with E-state index in [-0.39, 0.29) is 11.8 Å². The minimum absolute atomic E-state index is 0.0902. The van der Waals surface area contributed by atoms with Gasteiger partial charge in [-0.3, -0.25) is 4.79 Å². The molecule has 1 saturated heterocycles. The average molecular weight is 443 g/mol. The monoisotopic (exact) mass is 442 g/mol. The second kappa shape index (κ2) is 7.28. The fourth-order valence-electron chi connectivity index (χ4n) is 3.15. The number of sulfonamides is 1. The Kier molecular flexibility index (Phi) is 5.14. The molecule has 0 spiro atoms. The van der Waals surface area contributed by atoms with Crippen molar-refractivity contribution >= 4 is 75.9 Å². The van der Waals surface area contributed by atoms with Crippen LogP contribution < -0.4 is 5.32 Å². The lowest BCUT2D eigenvalue weighted by atomic mass is 9.97. The first-order valence-electron chi connectivity index (χ1n) is 8.35. The van der Waals surface area contributed by atoms with Gasteiger partial charge in [0.2, 0.25) is 15.9 Å². The highest BCUT2D eigenvalue weighted by molar-refractivity contribution is 8.00. The van der Waals surface area contributed by atoms with E-state index in [1.54, 1.807) is 23.1 Å². The van der Waals surface area contributed by atoms with E-state index >= 15 is 0 Å². The summed E-state index contributed by atoms with van der Waals surface area (Å²) in [5.41, 5.74) is 1.80. The highest BCUT2D eigenvalue weighted by Gasteiger charge is 2.29. The zero-order valence-corrected chi connectivity index (χ0v) is 18.0. The van der Waals surface area contributed by atoms with Crippen molar-refractivity contribution in [3.05, 3.63) is 12.1 Å². The fraction of sp³-hybridized carbons (Fsp3) is 0.438. The van der Waals surface area contributed by atoms with Gasteiger partial charge in [0.05, 0.1) is 26.7 Å². The van der Waals surface area contributed by atoms with Gasteiger partial charge in [-0.2, -0.15) is 0 Å². The van der Waals surface area contributed by atoms with Crippen LogP contribution in [0, 0.1) is 5.92 Å². The molecule has 0 bridgehead atoms. The van der Waals surface area contributed by atoms with Crippen molar-refractivity contribution in [2.24, 2.45) is 5.92 Å². The molecule has 0 atom stereocenters. The zero-order chi connectivity index (χ0) is 19.2. The van der Waals surface area contributed by atoms with Crippen LogP contribution in [0.25, 0.3) is 20.4 Å². The van der Waals surface area contributed by atoms with Crippen LogP contribution in [0.1, 0.15) is 12.8 Å². The standard InChI is InChI=1S/C16H18N4O3S4/c1-24-16-18-11-4-3-10-12(13(11)26-16)25-15(17-10)19-14(21)9-5-7-20(8-6-9)27(2,22)23/h3-4,9H,5-8H2,1-2H3,(H,17,19,21). The summed E-state index contributed by atoms with van der Waals surface area (Å²) in [4.78, 5) is 21.7. The van der Waals surface area contributed by atoms with Crippen LogP contribution in [0.5, 0.6) is 0 Å². The smallest absolute Gasteiger partial charge is 0.229 e. The SMILES string of the molecule is CSc1nc2ccc3nc(NC(=O)C4CCN(S(C)(=O)=O)CC4)sc3c2s1. The van der Waals surface area contributed by atoms with Gasteiger partial charge in [-0.15, -0.1) is 11.3 Å². The number of carbonyl (C=O) groups excluding carboxylic acids is 1. The number of rotatable bonds is 4. The fourth-order valence-corrected chi connectivity index (χ4v) is 6.69. The van der Waals surface area contributed by atoms with Crippen LogP contribution >= 0.6 is 34.4 Å². The van der Waals surface area contributed by atoms with Crippen molar-refractivity contribution in [2.75, 3.05) is 30.9 Å². The van der Waals surface area contributed by atoms with E-state index in [0.717, 1.165) is 24.8 Å². The van der Waals surface area contributed by atoms with Gasteiger partial charge in [0.15, 0.2) is 9.47 Å². The number of thioether (sulfide) groups is 1. The molecule has 1 N–H and O–H groups in total. The van der Waals surface area contributed by atoms with E-state index in [0.29, 0.717) is 31.1 Å². The first-order valence-corrected chi connectivity index (χ1v) is 13.1. The molecule has 11 heteroatoms. The zero-order valence-electron chi connectivity index (χ0n) is 14.8. The third-order valence-corrected chi connectivity index (χ3v) is 9.10. The number of carbonyl (C=O) groups is 1. The Bertz CT molecular complexity index is 1110. The minimum atomic E-state index is -3.19. The molecule has 7 nitrogen and oxygen atoms in total. The normalized spacial score (nSPS) is 17.0. The summed E-state index contributed by atoms with van der Waals surface area (Å²) in [5.74, 6) is -0.283. The van der Waals surface area contributed by atoms with E-state index < -0.39 is 10.0 Å². The second-order valence-corrected chi connectivity index (χ2v) is 11.4. The van der Waals surface area contributed by atoms with Gasteiger partial charge in [-0.1, -0.05) is 23.1 Å². The Morgan fingerprint density at radius 1 is 1.19 bits per heavy atom. The predicted octanol–water partition coefficient (Wildman–Crippen LogP) is 3.24. The van der Waals surface area contributed by atoms with E-state index in [2.05, 4.69) is 15.3 Å². The number of hydrogen-bond donors (Lipinski definition) is 1. The maximum Gasteiger partial charge on any atom is 0.229 e. The molecule has 1 aromatic carbocycles.